The van der Waals surface area contributed by atoms with Gasteiger partial charge in [0.1, 0.15) is 11.4 Å². The van der Waals surface area contributed by atoms with Gasteiger partial charge >= 0.3 is 5.63 Å². The van der Waals surface area contributed by atoms with Crippen LogP contribution in [0, 0.1) is 5.92 Å². The molecule has 1 saturated heterocycles. The van der Waals surface area contributed by atoms with Crippen LogP contribution in [0.1, 0.15) is 38.8 Å². The first-order valence-electron chi connectivity index (χ1n) is 8.03. The van der Waals surface area contributed by atoms with Crippen LogP contribution in [0.25, 0.3) is 11.0 Å². The number of benzene rings is 1. The third-order valence-electron chi connectivity index (χ3n) is 4.55. The standard InChI is InChI=1S/C19H22O4/c1-11(2)15(20)10-14-13(9-16-19(3,4)23-16)6-5-12-7-8-17(21)22-18(12)14/h5-8,11,16H,9-10H2,1-4H3/t16-/m0/s1. The lowest BCUT2D eigenvalue weighted by Crippen LogP contribution is -2.14. The number of ketones is 1. The maximum Gasteiger partial charge on any atom is 0.336 e. The van der Waals surface area contributed by atoms with Crippen molar-refractivity contribution in [3.63, 3.8) is 0 Å². The number of carbonyl (C=O) groups is 1. The van der Waals surface area contributed by atoms with Crippen molar-refractivity contribution in [3.8, 4) is 0 Å². The van der Waals surface area contributed by atoms with Crippen molar-refractivity contribution in [1.82, 2.24) is 0 Å². The molecule has 0 spiro atoms. The van der Waals surface area contributed by atoms with Gasteiger partial charge in [-0.2, -0.15) is 0 Å². The van der Waals surface area contributed by atoms with Gasteiger partial charge in [0, 0.05) is 35.8 Å². The second-order valence-corrected chi connectivity index (χ2v) is 7.09. The van der Waals surface area contributed by atoms with E-state index in [0.717, 1.165) is 22.9 Å². The number of hydrogen-bond donors (Lipinski definition) is 0. The van der Waals surface area contributed by atoms with Crippen molar-refractivity contribution in [1.29, 1.82) is 0 Å². The second kappa shape index (κ2) is 5.60. The van der Waals surface area contributed by atoms with Crippen molar-refractivity contribution >= 4 is 16.8 Å². The predicted molar refractivity (Wildman–Crippen MR) is 88.7 cm³/mol. The van der Waals surface area contributed by atoms with Gasteiger partial charge < -0.3 is 9.15 Å². The quantitative estimate of drug-likeness (QED) is 0.628. The van der Waals surface area contributed by atoms with Gasteiger partial charge in [-0.3, -0.25) is 4.79 Å². The molecule has 1 fully saturated rings. The highest BCUT2D eigenvalue weighted by atomic mass is 16.6. The van der Waals surface area contributed by atoms with Crippen LogP contribution < -0.4 is 5.63 Å². The van der Waals surface area contributed by atoms with E-state index < -0.39 is 5.63 Å². The van der Waals surface area contributed by atoms with Crippen LogP contribution in [0.2, 0.25) is 0 Å². The summed E-state index contributed by atoms with van der Waals surface area (Å²) in [6.45, 7) is 7.88. The lowest BCUT2D eigenvalue weighted by atomic mass is 9.92. The van der Waals surface area contributed by atoms with Gasteiger partial charge in [-0.05, 0) is 25.5 Å². The van der Waals surface area contributed by atoms with Crippen LogP contribution >= 0.6 is 0 Å². The van der Waals surface area contributed by atoms with Crippen LogP contribution in [0.3, 0.4) is 0 Å². The van der Waals surface area contributed by atoms with Crippen LogP contribution in [-0.2, 0) is 22.4 Å². The Morgan fingerprint density at radius 3 is 2.48 bits per heavy atom. The van der Waals surface area contributed by atoms with E-state index in [1.807, 2.05) is 26.0 Å². The summed E-state index contributed by atoms with van der Waals surface area (Å²) in [5.74, 6) is 0.0865. The largest absolute Gasteiger partial charge is 0.422 e. The lowest BCUT2D eigenvalue weighted by Gasteiger charge is -2.12. The minimum atomic E-state index is -0.393. The topological polar surface area (TPSA) is 59.8 Å². The molecule has 1 aromatic carbocycles. The Morgan fingerprint density at radius 2 is 1.87 bits per heavy atom. The number of rotatable bonds is 5. The summed E-state index contributed by atoms with van der Waals surface area (Å²) in [7, 11) is 0. The van der Waals surface area contributed by atoms with E-state index in [0.29, 0.717) is 5.58 Å². The average molecular weight is 314 g/mol. The number of ether oxygens (including phenoxy) is 1. The average Bonchev–Trinajstić information content (AvgIpc) is 3.08. The van der Waals surface area contributed by atoms with Crippen molar-refractivity contribution in [2.45, 2.75) is 52.2 Å². The van der Waals surface area contributed by atoms with Gasteiger partial charge in [-0.15, -0.1) is 0 Å². The van der Waals surface area contributed by atoms with Crippen molar-refractivity contribution in [2.75, 3.05) is 0 Å². The van der Waals surface area contributed by atoms with Crippen molar-refractivity contribution < 1.29 is 13.9 Å². The molecule has 1 aliphatic rings. The van der Waals surface area contributed by atoms with Crippen LogP contribution in [0.4, 0.5) is 0 Å². The van der Waals surface area contributed by atoms with Gasteiger partial charge in [0.05, 0.1) is 11.7 Å². The maximum absolute atomic E-state index is 12.3. The number of Topliss-reactive ketones (excluding diaryl/α,β-unsaturated/α-hetero) is 1. The Morgan fingerprint density at radius 1 is 1.22 bits per heavy atom. The molecule has 1 aromatic heterocycles. The normalized spacial score (nSPS) is 19.3. The van der Waals surface area contributed by atoms with E-state index in [-0.39, 0.29) is 29.8 Å². The highest BCUT2D eigenvalue weighted by Crippen LogP contribution is 2.39. The third-order valence-corrected chi connectivity index (χ3v) is 4.55. The fourth-order valence-electron chi connectivity index (χ4n) is 2.81. The minimum absolute atomic E-state index is 0.0536. The first kappa shape index (κ1) is 15.9. The highest BCUT2D eigenvalue weighted by molar-refractivity contribution is 5.89. The molecule has 1 atom stereocenters. The molecule has 122 valence electrons. The lowest BCUT2D eigenvalue weighted by molar-refractivity contribution is -0.121. The second-order valence-electron chi connectivity index (χ2n) is 7.09. The Labute approximate surface area is 135 Å². The molecule has 1 aliphatic heterocycles. The molecule has 0 radical (unpaired) electrons. The number of epoxide rings is 1. The Hall–Kier alpha value is -1.94. The molecule has 2 heterocycles. The molecule has 0 unspecified atom stereocenters. The zero-order valence-corrected chi connectivity index (χ0v) is 14.0. The smallest absolute Gasteiger partial charge is 0.336 e. The Kier molecular flexibility index (Phi) is 3.88. The first-order chi connectivity index (χ1) is 10.8. The molecule has 4 heteroatoms. The molecule has 0 N–H and O–H groups in total. The molecule has 3 rings (SSSR count). The van der Waals surface area contributed by atoms with Crippen LogP contribution in [-0.4, -0.2) is 17.5 Å². The monoisotopic (exact) mass is 314 g/mol. The molecular formula is C19H22O4. The fraction of sp³-hybridized carbons (Fsp3) is 0.474. The summed E-state index contributed by atoms with van der Waals surface area (Å²) in [5, 5.41) is 0.843. The van der Waals surface area contributed by atoms with Gasteiger partial charge in [-0.25, -0.2) is 4.79 Å². The summed E-state index contributed by atoms with van der Waals surface area (Å²) in [5.41, 5.74) is 1.87. The number of hydrogen-bond acceptors (Lipinski definition) is 4. The summed E-state index contributed by atoms with van der Waals surface area (Å²) < 4.78 is 11.1. The molecule has 23 heavy (non-hydrogen) atoms. The van der Waals surface area contributed by atoms with Gasteiger partial charge in [0.2, 0.25) is 0 Å². The molecular weight excluding hydrogens is 292 g/mol. The molecule has 2 aromatic rings. The van der Waals surface area contributed by atoms with E-state index in [1.54, 1.807) is 6.07 Å². The van der Waals surface area contributed by atoms with Gasteiger partial charge in [0.15, 0.2) is 0 Å². The zero-order chi connectivity index (χ0) is 16.8. The van der Waals surface area contributed by atoms with Crippen LogP contribution in [0.15, 0.2) is 33.5 Å². The van der Waals surface area contributed by atoms with E-state index in [2.05, 4.69) is 13.8 Å². The highest BCUT2D eigenvalue weighted by Gasteiger charge is 2.47. The number of fused-ring (bicyclic) bond motifs is 1. The Bertz CT molecular complexity index is 814. The van der Waals surface area contributed by atoms with Crippen LogP contribution in [0.5, 0.6) is 0 Å². The minimum Gasteiger partial charge on any atom is -0.422 e. The summed E-state index contributed by atoms with van der Waals surface area (Å²) in [6.07, 6.45) is 1.15. The molecule has 0 aliphatic carbocycles. The van der Waals surface area contributed by atoms with E-state index in [1.165, 1.54) is 6.07 Å². The summed E-state index contributed by atoms with van der Waals surface area (Å²) >= 11 is 0. The molecule has 0 saturated carbocycles. The predicted octanol–water partition coefficient (Wildman–Crippen LogP) is 3.28. The maximum atomic E-state index is 12.3. The number of carbonyl (C=O) groups excluding carboxylic acids is 1. The molecule has 0 bridgehead atoms. The molecule has 0 amide bonds. The fourth-order valence-corrected chi connectivity index (χ4v) is 2.81. The molecule has 4 nitrogen and oxygen atoms in total. The van der Waals surface area contributed by atoms with Gasteiger partial charge in [0.25, 0.3) is 0 Å². The Balaban J connectivity index is 2.07. The summed E-state index contributed by atoms with van der Waals surface area (Å²) in [6, 6.07) is 7.10. The van der Waals surface area contributed by atoms with Gasteiger partial charge in [-0.1, -0.05) is 26.0 Å². The van der Waals surface area contributed by atoms with Crippen molar-refractivity contribution in [2.24, 2.45) is 5.92 Å². The van der Waals surface area contributed by atoms with E-state index in [9.17, 15) is 9.59 Å². The van der Waals surface area contributed by atoms with E-state index in [4.69, 9.17) is 9.15 Å². The SMILES string of the molecule is CC(C)C(=O)Cc1c(C[C@@H]2OC2(C)C)ccc2ccc(=O)oc12. The summed E-state index contributed by atoms with van der Waals surface area (Å²) in [4.78, 5) is 23.9. The van der Waals surface area contributed by atoms with Crippen molar-refractivity contribution in [3.05, 3.63) is 45.8 Å². The zero-order valence-electron chi connectivity index (χ0n) is 14.0. The van der Waals surface area contributed by atoms with E-state index >= 15 is 0 Å². The third kappa shape index (κ3) is 3.22. The first-order valence-corrected chi connectivity index (χ1v) is 8.03.